The van der Waals surface area contributed by atoms with Crippen LogP contribution in [-0.2, 0) is 0 Å². The van der Waals surface area contributed by atoms with Crippen LogP contribution in [0.25, 0.3) is 0 Å². The highest BCUT2D eigenvalue weighted by molar-refractivity contribution is 5.92. The maximum atomic E-state index is 12.3. The van der Waals surface area contributed by atoms with Crippen molar-refractivity contribution in [1.82, 2.24) is 15.4 Å². The first-order valence-corrected chi connectivity index (χ1v) is 9.24. The van der Waals surface area contributed by atoms with Crippen LogP contribution < -0.4 is 5.32 Å². The number of hydrogen-bond donors (Lipinski definition) is 2. The van der Waals surface area contributed by atoms with Gasteiger partial charge in [0.15, 0.2) is 5.69 Å². The summed E-state index contributed by atoms with van der Waals surface area (Å²) >= 11 is 0. The number of aliphatic hydroxyl groups is 1. The molecule has 2 heterocycles. The van der Waals surface area contributed by atoms with Gasteiger partial charge in [0.25, 0.3) is 5.91 Å². The Labute approximate surface area is 143 Å². The summed E-state index contributed by atoms with van der Waals surface area (Å²) in [5.41, 5.74) is 0.365. The van der Waals surface area contributed by atoms with Crippen LogP contribution >= 0.6 is 0 Å². The van der Waals surface area contributed by atoms with Crippen molar-refractivity contribution in [2.75, 3.05) is 13.1 Å². The van der Waals surface area contributed by atoms with Gasteiger partial charge in [0.2, 0.25) is 0 Å². The molecule has 0 spiro atoms. The quantitative estimate of drug-likeness (QED) is 0.883. The largest absolute Gasteiger partial charge is 0.391 e. The summed E-state index contributed by atoms with van der Waals surface area (Å²) in [6.45, 7) is 5.89. The Bertz CT molecular complexity index is 549. The van der Waals surface area contributed by atoms with Gasteiger partial charge in [-0.05, 0) is 25.7 Å². The van der Waals surface area contributed by atoms with Crippen molar-refractivity contribution in [1.29, 1.82) is 0 Å². The van der Waals surface area contributed by atoms with E-state index in [0.29, 0.717) is 11.7 Å². The van der Waals surface area contributed by atoms with Gasteiger partial charge in [0.1, 0.15) is 5.76 Å². The lowest BCUT2D eigenvalue weighted by molar-refractivity contribution is 0.00725. The van der Waals surface area contributed by atoms with Crippen molar-refractivity contribution in [2.24, 2.45) is 0 Å². The number of likely N-dealkylation sites (tertiary alicyclic amines) is 1. The number of aliphatic hydroxyl groups excluding tert-OH is 1. The van der Waals surface area contributed by atoms with E-state index in [1.807, 2.05) is 13.8 Å². The van der Waals surface area contributed by atoms with E-state index in [-0.39, 0.29) is 24.0 Å². The van der Waals surface area contributed by atoms with Gasteiger partial charge in [-0.3, -0.25) is 9.69 Å². The molecule has 1 amide bonds. The van der Waals surface area contributed by atoms with E-state index in [1.165, 1.54) is 6.42 Å². The van der Waals surface area contributed by atoms with Gasteiger partial charge in [0.05, 0.1) is 6.10 Å². The third-order valence-electron chi connectivity index (χ3n) is 5.36. The average Bonchev–Trinajstić information content (AvgIpc) is 3.07. The van der Waals surface area contributed by atoms with E-state index in [4.69, 9.17) is 4.52 Å². The highest BCUT2D eigenvalue weighted by Crippen LogP contribution is 2.26. The number of nitrogens with one attached hydrogen (secondary N) is 1. The molecule has 6 heteroatoms. The van der Waals surface area contributed by atoms with Gasteiger partial charge in [-0.25, -0.2) is 0 Å². The van der Waals surface area contributed by atoms with Crippen molar-refractivity contribution in [3.8, 4) is 0 Å². The van der Waals surface area contributed by atoms with E-state index >= 15 is 0 Å². The average molecular weight is 335 g/mol. The third-order valence-corrected chi connectivity index (χ3v) is 5.36. The molecular formula is C18H29N3O3. The number of rotatable bonds is 4. The number of aromatic nitrogens is 1. The summed E-state index contributed by atoms with van der Waals surface area (Å²) in [4.78, 5) is 14.7. The van der Waals surface area contributed by atoms with Crippen LogP contribution in [-0.4, -0.2) is 52.3 Å². The Morgan fingerprint density at radius 1 is 1.29 bits per heavy atom. The maximum absolute atomic E-state index is 12.3. The molecule has 6 nitrogen and oxygen atoms in total. The van der Waals surface area contributed by atoms with Crippen LogP contribution in [0.4, 0.5) is 0 Å². The Morgan fingerprint density at radius 3 is 2.62 bits per heavy atom. The predicted molar refractivity (Wildman–Crippen MR) is 90.9 cm³/mol. The zero-order valence-corrected chi connectivity index (χ0v) is 14.7. The number of carbonyl (C=O) groups is 1. The number of hydrogen-bond acceptors (Lipinski definition) is 5. The monoisotopic (exact) mass is 335 g/mol. The number of nitrogens with zero attached hydrogens (tertiary/aromatic N) is 2. The van der Waals surface area contributed by atoms with Crippen LogP contribution in [0.3, 0.4) is 0 Å². The second kappa shape index (κ2) is 7.66. The fraction of sp³-hybridized carbons (Fsp3) is 0.778. The smallest absolute Gasteiger partial charge is 0.273 e. The van der Waals surface area contributed by atoms with Gasteiger partial charge in [0, 0.05) is 37.2 Å². The molecular weight excluding hydrogens is 306 g/mol. The normalized spacial score (nSPS) is 26.7. The van der Waals surface area contributed by atoms with E-state index in [9.17, 15) is 9.90 Å². The topological polar surface area (TPSA) is 78.6 Å². The molecule has 1 saturated carbocycles. The second-order valence-corrected chi connectivity index (χ2v) is 7.47. The fourth-order valence-corrected chi connectivity index (χ4v) is 3.82. The standard InChI is InChI=1S/C18H29N3O3/c1-12(2)17-11-14(20-24-17)18(23)19-13-7-9-21(10-8-13)15-5-3-4-6-16(15)22/h11-13,15-16,22H,3-10H2,1-2H3,(H,19,23)/t15-,16+/m0/s1. The molecule has 2 atom stereocenters. The maximum Gasteiger partial charge on any atom is 0.273 e. The van der Waals surface area contributed by atoms with Crippen molar-refractivity contribution in [3.05, 3.63) is 17.5 Å². The minimum atomic E-state index is -0.186. The molecule has 0 bridgehead atoms. The Morgan fingerprint density at radius 2 is 2.00 bits per heavy atom. The van der Waals surface area contributed by atoms with E-state index in [0.717, 1.165) is 51.0 Å². The predicted octanol–water partition coefficient (Wildman–Crippen LogP) is 2.30. The number of amides is 1. The summed E-state index contributed by atoms with van der Waals surface area (Å²) < 4.78 is 5.20. The zero-order chi connectivity index (χ0) is 17.1. The molecule has 1 aliphatic heterocycles. The lowest BCUT2D eigenvalue weighted by Gasteiger charge is -2.41. The molecule has 1 aliphatic carbocycles. The third kappa shape index (κ3) is 3.98. The Kier molecular flexibility index (Phi) is 5.56. The molecule has 1 aromatic heterocycles. The number of carbonyl (C=O) groups excluding carboxylic acids is 1. The van der Waals surface area contributed by atoms with Crippen LogP contribution in [0, 0.1) is 0 Å². The van der Waals surface area contributed by atoms with E-state index in [1.54, 1.807) is 6.07 Å². The molecule has 1 aromatic rings. The van der Waals surface area contributed by atoms with Gasteiger partial charge < -0.3 is 14.9 Å². The van der Waals surface area contributed by atoms with Gasteiger partial charge in [-0.2, -0.15) is 0 Å². The molecule has 24 heavy (non-hydrogen) atoms. The molecule has 2 aliphatic rings. The SMILES string of the molecule is CC(C)c1cc(C(=O)NC2CCN([C@H]3CCCC[C@H]3O)CC2)no1. The summed E-state index contributed by atoms with van der Waals surface area (Å²) in [6.07, 6.45) is 6.02. The van der Waals surface area contributed by atoms with Crippen molar-refractivity contribution in [3.63, 3.8) is 0 Å². The zero-order valence-electron chi connectivity index (χ0n) is 14.7. The molecule has 0 radical (unpaired) electrons. The molecule has 0 unspecified atom stereocenters. The first-order chi connectivity index (χ1) is 11.5. The lowest BCUT2D eigenvalue weighted by atomic mass is 9.89. The number of piperidine rings is 1. The van der Waals surface area contributed by atoms with Crippen LogP contribution in [0.1, 0.15) is 74.5 Å². The minimum absolute atomic E-state index is 0.151. The summed E-state index contributed by atoms with van der Waals surface area (Å²) in [5, 5.41) is 17.1. The van der Waals surface area contributed by atoms with Gasteiger partial charge in [-0.1, -0.05) is 31.8 Å². The molecule has 2 N–H and O–H groups in total. The molecule has 1 saturated heterocycles. The Hall–Kier alpha value is -1.40. The highest BCUT2D eigenvalue weighted by atomic mass is 16.5. The molecule has 134 valence electrons. The van der Waals surface area contributed by atoms with Crippen LogP contribution in [0.5, 0.6) is 0 Å². The van der Waals surface area contributed by atoms with E-state index < -0.39 is 0 Å². The van der Waals surface area contributed by atoms with Crippen molar-refractivity contribution in [2.45, 2.75) is 76.5 Å². The first kappa shape index (κ1) is 17.4. The fourth-order valence-electron chi connectivity index (χ4n) is 3.82. The molecule has 3 rings (SSSR count). The summed E-state index contributed by atoms with van der Waals surface area (Å²) in [6, 6.07) is 2.21. The summed E-state index contributed by atoms with van der Waals surface area (Å²) in [7, 11) is 0. The highest BCUT2D eigenvalue weighted by Gasteiger charge is 2.32. The second-order valence-electron chi connectivity index (χ2n) is 7.47. The van der Waals surface area contributed by atoms with Gasteiger partial charge >= 0.3 is 0 Å². The molecule has 2 fully saturated rings. The van der Waals surface area contributed by atoms with Crippen LogP contribution in [0.2, 0.25) is 0 Å². The van der Waals surface area contributed by atoms with E-state index in [2.05, 4.69) is 15.4 Å². The minimum Gasteiger partial charge on any atom is -0.391 e. The van der Waals surface area contributed by atoms with Crippen LogP contribution in [0.15, 0.2) is 10.6 Å². The lowest BCUT2D eigenvalue weighted by Crippen LogP contribution is -2.52. The van der Waals surface area contributed by atoms with Crippen molar-refractivity contribution < 1.29 is 14.4 Å². The first-order valence-electron chi connectivity index (χ1n) is 9.24. The molecule has 0 aromatic carbocycles. The van der Waals surface area contributed by atoms with Gasteiger partial charge in [-0.15, -0.1) is 0 Å². The Balaban J connectivity index is 1.48. The summed E-state index contributed by atoms with van der Waals surface area (Å²) in [5.74, 6) is 0.812. The van der Waals surface area contributed by atoms with Crippen molar-refractivity contribution >= 4 is 5.91 Å².